The molecule has 0 bridgehead atoms. The lowest BCUT2D eigenvalue weighted by Crippen LogP contribution is -2.05. The Kier molecular flexibility index (Phi) is 5.85. The Labute approximate surface area is 175 Å². The molecular formula is C22H17F2N3O4. The molecule has 0 atom stereocenters. The molecule has 0 N–H and O–H groups in total. The Morgan fingerprint density at radius 2 is 1.84 bits per heavy atom. The van der Waals surface area contributed by atoms with E-state index in [0.29, 0.717) is 17.9 Å². The van der Waals surface area contributed by atoms with E-state index >= 15 is 0 Å². The molecule has 31 heavy (non-hydrogen) atoms. The number of halogens is 2. The maximum Gasteiger partial charge on any atom is 0.366 e. The van der Waals surface area contributed by atoms with Gasteiger partial charge in [0.25, 0.3) is 0 Å². The third kappa shape index (κ3) is 4.36. The van der Waals surface area contributed by atoms with Crippen molar-refractivity contribution in [2.24, 2.45) is 0 Å². The Morgan fingerprint density at radius 3 is 2.58 bits per heavy atom. The van der Waals surface area contributed by atoms with Crippen LogP contribution < -0.4 is 10.4 Å². The minimum Gasteiger partial charge on any atom is -0.421 e. The number of para-hydroxylation sites is 1. The van der Waals surface area contributed by atoms with Crippen molar-refractivity contribution in [2.45, 2.75) is 13.7 Å². The van der Waals surface area contributed by atoms with Crippen LogP contribution in [0.4, 0.5) is 8.78 Å². The highest BCUT2D eigenvalue weighted by Crippen LogP contribution is 2.31. The van der Waals surface area contributed by atoms with Crippen molar-refractivity contribution in [3.05, 3.63) is 82.8 Å². The Balaban J connectivity index is 1.82. The quantitative estimate of drug-likeness (QED) is 0.430. The number of benzene rings is 2. The van der Waals surface area contributed by atoms with Crippen molar-refractivity contribution in [2.75, 3.05) is 6.61 Å². The monoisotopic (exact) mass is 425 g/mol. The van der Waals surface area contributed by atoms with Gasteiger partial charge >= 0.3 is 11.6 Å². The molecule has 0 amide bonds. The smallest absolute Gasteiger partial charge is 0.366 e. The molecule has 0 aliphatic heterocycles. The van der Waals surface area contributed by atoms with Gasteiger partial charge in [-0.05, 0) is 42.8 Å². The van der Waals surface area contributed by atoms with E-state index in [1.165, 1.54) is 53.4 Å². The standard InChI is InChI=1S/C22H17F2N3O4/c1-2-29-13-27-20(19(21(28)31-27)14-7-9-15(23)10-8-14)17-11-12-25-22(26-17)30-18-6-4-3-5-16(18)24/h3-12H,2,13H2,1H3. The average Bonchev–Trinajstić information content (AvgIpc) is 3.10. The molecule has 2 aromatic heterocycles. The first-order valence-electron chi connectivity index (χ1n) is 9.40. The maximum atomic E-state index is 13.9. The van der Waals surface area contributed by atoms with E-state index in [1.54, 1.807) is 19.1 Å². The van der Waals surface area contributed by atoms with E-state index in [0.717, 1.165) is 0 Å². The maximum absolute atomic E-state index is 13.9. The lowest BCUT2D eigenvalue weighted by Gasteiger charge is -2.09. The van der Waals surface area contributed by atoms with Gasteiger partial charge in [-0.2, -0.15) is 9.72 Å². The molecule has 0 aliphatic rings. The molecule has 2 heterocycles. The van der Waals surface area contributed by atoms with E-state index < -0.39 is 17.3 Å². The molecule has 7 nitrogen and oxygen atoms in total. The van der Waals surface area contributed by atoms with Gasteiger partial charge in [-0.25, -0.2) is 18.6 Å². The van der Waals surface area contributed by atoms with Crippen LogP contribution in [0.25, 0.3) is 22.5 Å². The molecule has 4 rings (SSSR count). The fraction of sp³-hybridized carbons (Fsp3) is 0.136. The first-order valence-corrected chi connectivity index (χ1v) is 9.40. The third-order valence-corrected chi connectivity index (χ3v) is 4.34. The molecular weight excluding hydrogens is 408 g/mol. The van der Waals surface area contributed by atoms with Crippen molar-refractivity contribution in [1.29, 1.82) is 0 Å². The van der Waals surface area contributed by atoms with Crippen molar-refractivity contribution >= 4 is 0 Å². The minimum absolute atomic E-state index is 0.0442. The highest BCUT2D eigenvalue weighted by molar-refractivity contribution is 5.78. The summed E-state index contributed by atoms with van der Waals surface area (Å²) in [5, 5.41) is 0. The summed E-state index contributed by atoms with van der Waals surface area (Å²) >= 11 is 0. The van der Waals surface area contributed by atoms with E-state index in [4.69, 9.17) is 14.0 Å². The lowest BCUT2D eigenvalue weighted by atomic mass is 10.0. The van der Waals surface area contributed by atoms with E-state index in [9.17, 15) is 13.6 Å². The van der Waals surface area contributed by atoms with Gasteiger partial charge in [-0.3, -0.25) is 0 Å². The van der Waals surface area contributed by atoms with Crippen molar-refractivity contribution in [3.8, 4) is 34.3 Å². The van der Waals surface area contributed by atoms with Gasteiger partial charge < -0.3 is 14.0 Å². The third-order valence-electron chi connectivity index (χ3n) is 4.34. The molecule has 9 heteroatoms. The normalized spacial score (nSPS) is 10.9. The molecule has 0 saturated carbocycles. The predicted molar refractivity (Wildman–Crippen MR) is 107 cm³/mol. The number of ether oxygens (including phenoxy) is 2. The largest absolute Gasteiger partial charge is 0.421 e. The molecule has 0 saturated heterocycles. The second-order valence-electron chi connectivity index (χ2n) is 6.37. The fourth-order valence-electron chi connectivity index (χ4n) is 2.95. The van der Waals surface area contributed by atoms with Crippen LogP contribution in [0, 0.1) is 11.6 Å². The van der Waals surface area contributed by atoms with Gasteiger partial charge in [0.05, 0.1) is 11.3 Å². The first-order chi connectivity index (χ1) is 15.1. The summed E-state index contributed by atoms with van der Waals surface area (Å²) in [6.45, 7) is 2.14. The zero-order valence-electron chi connectivity index (χ0n) is 16.4. The number of hydrogen-bond acceptors (Lipinski definition) is 6. The van der Waals surface area contributed by atoms with E-state index in [2.05, 4.69) is 9.97 Å². The molecule has 158 valence electrons. The zero-order valence-corrected chi connectivity index (χ0v) is 16.4. The first kappa shape index (κ1) is 20.4. The minimum atomic E-state index is -0.642. The van der Waals surface area contributed by atoms with Crippen LogP contribution in [0.2, 0.25) is 0 Å². The predicted octanol–water partition coefficient (Wildman–Crippen LogP) is 4.63. The van der Waals surface area contributed by atoms with Gasteiger partial charge in [0.1, 0.15) is 11.5 Å². The summed E-state index contributed by atoms with van der Waals surface area (Å²) in [4.78, 5) is 21.0. The van der Waals surface area contributed by atoms with Crippen molar-refractivity contribution in [3.63, 3.8) is 0 Å². The zero-order chi connectivity index (χ0) is 21.8. The van der Waals surface area contributed by atoms with Crippen LogP contribution in [-0.2, 0) is 11.5 Å². The van der Waals surface area contributed by atoms with Gasteiger partial charge in [0.2, 0.25) is 0 Å². The number of rotatable bonds is 7. The van der Waals surface area contributed by atoms with Gasteiger partial charge in [-0.1, -0.05) is 24.3 Å². The lowest BCUT2D eigenvalue weighted by molar-refractivity contribution is 0.0314. The second-order valence-corrected chi connectivity index (χ2v) is 6.37. The van der Waals surface area contributed by atoms with Crippen LogP contribution in [0.1, 0.15) is 6.92 Å². The summed E-state index contributed by atoms with van der Waals surface area (Å²) in [7, 11) is 0. The molecule has 2 aromatic carbocycles. The highest BCUT2D eigenvalue weighted by atomic mass is 19.1. The van der Waals surface area contributed by atoms with Crippen molar-refractivity contribution in [1.82, 2.24) is 14.7 Å². The van der Waals surface area contributed by atoms with Gasteiger partial charge in [0.15, 0.2) is 18.3 Å². The van der Waals surface area contributed by atoms with Crippen LogP contribution in [0.5, 0.6) is 11.8 Å². The SMILES string of the molecule is CCOCn1oc(=O)c(-c2ccc(F)cc2)c1-c1ccnc(Oc2ccccc2F)n1. The number of aromatic nitrogens is 3. The number of hydrogen-bond donors (Lipinski definition) is 0. The number of nitrogens with zero attached hydrogens (tertiary/aromatic N) is 3. The van der Waals surface area contributed by atoms with E-state index in [-0.39, 0.29) is 29.7 Å². The van der Waals surface area contributed by atoms with E-state index in [1.807, 2.05) is 0 Å². The summed E-state index contributed by atoms with van der Waals surface area (Å²) < 4.78 is 44.8. The van der Waals surface area contributed by atoms with Gasteiger partial charge in [-0.15, -0.1) is 0 Å². The summed E-state index contributed by atoms with van der Waals surface area (Å²) in [6, 6.07) is 12.7. The van der Waals surface area contributed by atoms with Crippen LogP contribution >= 0.6 is 0 Å². The topological polar surface area (TPSA) is 79.4 Å². The summed E-state index contributed by atoms with van der Waals surface area (Å²) in [5.41, 5.74) is 0.555. The van der Waals surface area contributed by atoms with Gasteiger partial charge in [0, 0.05) is 12.8 Å². The molecule has 0 fully saturated rings. The molecule has 0 aliphatic carbocycles. The molecule has 0 unspecified atom stereocenters. The molecule has 4 aromatic rings. The van der Waals surface area contributed by atoms with Crippen LogP contribution in [0.15, 0.2) is 70.1 Å². The summed E-state index contributed by atoms with van der Waals surface area (Å²) in [6.07, 6.45) is 1.41. The van der Waals surface area contributed by atoms with Crippen LogP contribution in [0.3, 0.4) is 0 Å². The Morgan fingerprint density at radius 1 is 1.06 bits per heavy atom. The second kappa shape index (κ2) is 8.88. The molecule has 0 radical (unpaired) electrons. The molecule has 0 spiro atoms. The van der Waals surface area contributed by atoms with Crippen molar-refractivity contribution < 1.29 is 22.8 Å². The summed E-state index contributed by atoms with van der Waals surface area (Å²) in [5.74, 6) is -1.05. The van der Waals surface area contributed by atoms with Crippen LogP contribution in [-0.4, -0.2) is 21.3 Å². The fourth-order valence-corrected chi connectivity index (χ4v) is 2.95. The average molecular weight is 425 g/mol. The Bertz CT molecular complexity index is 1250. The Hall–Kier alpha value is -3.85. The highest BCUT2D eigenvalue weighted by Gasteiger charge is 2.23.